The highest BCUT2D eigenvalue weighted by Gasteiger charge is 2.45. The molecule has 0 N–H and O–H groups in total. The van der Waals surface area contributed by atoms with Crippen LogP contribution < -0.4 is 4.90 Å². The van der Waals surface area contributed by atoms with Crippen molar-refractivity contribution in [2.45, 2.75) is 59.0 Å². The van der Waals surface area contributed by atoms with Crippen LogP contribution in [0.2, 0.25) is 0 Å². The number of hydrogen-bond acceptors (Lipinski definition) is 4. The third-order valence-corrected chi connectivity index (χ3v) is 6.45. The molecule has 2 fully saturated rings. The standard InChI is InChI=1S/C22H34N2O2/c1-4-22(5-2)17-20(26-21(22)25)7-6-12-23-13-15-24(16-14-23)19-10-8-18(3)9-11-19/h8-11,20H,4-7,12-17H2,1-3H3/t20-/m0/s1. The van der Waals surface area contributed by atoms with E-state index in [1.54, 1.807) is 0 Å². The molecule has 0 saturated carbocycles. The third-order valence-electron chi connectivity index (χ3n) is 6.45. The van der Waals surface area contributed by atoms with Gasteiger partial charge in [0.2, 0.25) is 0 Å². The Hall–Kier alpha value is -1.55. The Morgan fingerprint density at radius 3 is 2.31 bits per heavy atom. The Morgan fingerprint density at radius 1 is 1.08 bits per heavy atom. The Morgan fingerprint density at radius 2 is 1.73 bits per heavy atom. The average molecular weight is 359 g/mol. The van der Waals surface area contributed by atoms with Crippen LogP contribution in [0.3, 0.4) is 0 Å². The van der Waals surface area contributed by atoms with Crippen molar-refractivity contribution < 1.29 is 9.53 Å². The predicted molar refractivity (Wildman–Crippen MR) is 107 cm³/mol. The van der Waals surface area contributed by atoms with E-state index in [0.717, 1.165) is 64.8 Å². The van der Waals surface area contributed by atoms with Gasteiger partial charge in [-0.25, -0.2) is 0 Å². The first-order valence-corrected chi connectivity index (χ1v) is 10.3. The molecule has 0 amide bonds. The summed E-state index contributed by atoms with van der Waals surface area (Å²) in [7, 11) is 0. The number of anilines is 1. The second kappa shape index (κ2) is 8.43. The minimum absolute atomic E-state index is 0.0409. The molecule has 4 nitrogen and oxygen atoms in total. The van der Waals surface area contributed by atoms with Crippen LogP contribution in [0.25, 0.3) is 0 Å². The maximum atomic E-state index is 12.2. The van der Waals surface area contributed by atoms with Crippen molar-refractivity contribution in [3.63, 3.8) is 0 Å². The summed E-state index contributed by atoms with van der Waals surface area (Å²) in [6.07, 6.45) is 4.98. The van der Waals surface area contributed by atoms with E-state index in [2.05, 4.69) is 54.8 Å². The summed E-state index contributed by atoms with van der Waals surface area (Å²) in [4.78, 5) is 17.2. The van der Waals surface area contributed by atoms with Crippen LogP contribution in [0.1, 0.15) is 51.5 Å². The predicted octanol–water partition coefficient (Wildman–Crippen LogP) is 4.02. The van der Waals surface area contributed by atoms with Gasteiger partial charge in [-0.1, -0.05) is 31.5 Å². The van der Waals surface area contributed by atoms with Crippen molar-refractivity contribution in [2.75, 3.05) is 37.6 Å². The van der Waals surface area contributed by atoms with Gasteiger partial charge >= 0.3 is 5.97 Å². The van der Waals surface area contributed by atoms with Crippen molar-refractivity contribution in [3.05, 3.63) is 29.8 Å². The third kappa shape index (κ3) is 4.22. The van der Waals surface area contributed by atoms with Crippen LogP contribution in [0.5, 0.6) is 0 Å². The van der Waals surface area contributed by atoms with Crippen LogP contribution in [-0.4, -0.2) is 49.7 Å². The molecule has 1 atom stereocenters. The van der Waals surface area contributed by atoms with Crippen molar-refractivity contribution in [1.82, 2.24) is 4.90 Å². The molecule has 0 unspecified atom stereocenters. The molecule has 1 aromatic rings. The number of nitrogens with zero attached hydrogens (tertiary/aromatic N) is 2. The maximum Gasteiger partial charge on any atom is 0.312 e. The fraction of sp³-hybridized carbons (Fsp3) is 0.682. The molecule has 0 aromatic heterocycles. The van der Waals surface area contributed by atoms with E-state index >= 15 is 0 Å². The highest BCUT2D eigenvalue weighted by molar-refractivity contribution is 5.78. The summed E-state index contributed by atoms with van der Waals surface area (Å²) in [6.45, 7) is 11.9. The number of benzene rings is 1. The quantitative estimate of drug-likeness (QED) is 0.689. The summed E-state index contributed by atoms with van der Waals surface area (Å²) in [5, 5.41) is 0. The Kier molecular flexibility index (Phi) is 6.23. The Balaban J connectivity index is 1.38. The number of carbonyl (C=O) groups excluding carboxylic acids is 1. The lowest BCUT2D eigenvalue weighted by Crippen LogP contribution is -2.46. The summed E-state index contributed by atoms with van der Waals surface area (Å²) in [5.74, 6) is 0.0409. The zero-order valence-electron chi connectivity index (χ0n) is 16.7. The molecule has 3 rings (SSSR count). The van der Waals surface area contributed by atoms with Gasteiger partial charge in [-0.15, -0.1) is 0 Å². The molecule has 2 heterocycles. The van der Waals surface area contributed by atoms with E-state index in [9.17, 15) is 4.79 Å². The summed E-state index contributed by atoms with van der Waals surface area (Å²) >= 11 is 0. The van der Waals surface area contributed by atoms with E-state index in [1.165, 1.54) is 11.3 Å². The van der Waals surface area contributed by atoms with E-state index in [1.807, 2.05) is 0 Å². The lowest BCUT2D eigenvalue weighted by Gasteiger charge is -2.36. The van der Waals surface area contributed by atoms with Gasteiger partial charge in [-0.2, -0.15) is 0 Å². The number of aryl methyl sites for hydroxylation is 1. The Labute approximate surface area is 158 Å². The molecule has 0 spiro atoms. The van der Waals surface area contributed by atoms with Crippen LogP contribution in [0.4, 0.5) is 5.69 Å². The molecule has 4 heteroatoms. The topological polar surface area (TPSA) is 32.8 Å². The average Bonchev–Trinajstić information content (AvgIpc) is 2.99. The van der Waals surface area contributed by atoms with E-state index < -0.39 is 0 Å². The van der Waals surface area contributed by atoms with E-state index in [-0.39, 0.29) is 17.5 Å². The second-order valence-electron chi connectivity index (χ2n) is 8.03. The van der Waals surface area contributed by atoms with Crippen molar-refractivity contribution in [1.29, 1.82) is 0 Å². The maximum absolute atomic E-state index is 12.2. The zero-order valence-corrected chi connectivity index (χ0v) is 16.7. The van der Waals surface area contributed by atoms with Gasteiger partial charge in [0.15, 0.2) is 0 Å². The minimum Gasteiger partial charge on any atom is -0.462 e. The Bertz CT molecular complexity index is 587. The van der Waals surface area contributed by atoms with Crippen LogP contribution in [0.15, 0.2) is 24.3 Å². The van der Waals surface area contributed by atoms with Crippen molar-refractivity contribution in [2.24, 2.45) is 5.41 Å². The van der Waals surface area contributed by atoms with Gasteiger partial charge in [-0.3, -0.25) is 9.69 Å². The molecule has 2 saturated heterocycles. The molecule has 0 bridgehead atoms. The molecular formula is C22H34N2O2. The first-order chi connectivity index (χ1) is 12.6. The van der Waals surface area contributed by atoms with Crippen LogP contribution in [0, 0.1) is 12.3 Å². The summed E-state index contributed by atoms with van der Waals surface area (Å²) in [5.41, 5.74) is 2.45. The number of carbonyl (C=O) groups is 1. The number of esters is 1. The van der Waals surface area contributed by atoms with E-state index in [0.29, 0.717) is 0 Å². The number of rotatable bonds is 7. The molecule has 26 heavy (non-hydrogen) atoms. The van der Waals surface area contributed by atoms with Crippen molar-refractivity contribution >= 4 is 11.7 Å². The fourth-order valence-electron chi connectivity index (χ4n) is 4.35. The number of cyclic esters (lactones) is 1. The summed E-state index contributed by atoms with van der Waals surface area (Å²) < 4.78 is 5.67. The van der Waals surface area contributed by atoms with Crippen molar-refractivity contribution in [3.8, 4) is 0 Å². The highest BCUT2D eigenvalue weighted by atomic mass is 16.6. The number of piperazine rings is 1. The smallest absolute Gasteiger partial charge is 0.312 e. The molecular weight excluding hydrogens is 324 g/mol. The van der Waals surface area contributed by atoms with Gasteiger partial charge in [-0.05, 0) is 51.3 Å². The molecule has 0 aliphatic carbocycles. The first kappa shape index (κ1) is 19.2. The van der Waals surface area contributed by atoms with Gasteiger partial charge in [0.05, 0.1) is 5.41 Å². The van der Waals surface area contributed by atoms with Gasteiger partial charge in [0.25, 0.3) is 0 Å². The lowest BCUT2D eigenvalue weighted by atomic mass is 9.79. The first-order valence-electron chi connectivity index (χ1n) is 10.3. The molecule has 144 valence electrons. The zero-order chi connectivity index (χ0) is 18.6. The fourth-order valence-corrected chi connectivity index (χ4v) is 4.35. The minimum atomic E-state index is -0.204. The van der Waals surface area contributed by atoms with Crippen LogP contribution in [-0.2, 0) is 9.53 Å². The monoisotopic (exact) mass is 358 g/mol. The molecule has 2 aliphatic rings. The number of hydrogen-bond donors (Lipinski definition) is 0. The molecule has 2 aliphatic heterocycles. The van der Waals surface area contributed by atoms with Crippen LogP contribution >= 0.6 is 0 Å². The van der Waals surface area contributed by atoms with Gasteiger partial charge in [0, 0.05) is 38.3 Å². The molecule has 1 aromatic carbocycles. The van der Waals surface area contributed by atoms with Gasteiger partial charge < -0.3 is 9.64 Å². The lowest BCUT2D eigenvalue weighted by molar-refractivity contribution is -0.149. The van der Waals surface area contributed by atoms with Gasteiger partial charge in [0.1, 0.15) is 6.10 Å². The second-order valence-corrected chi connectivity index (χ2v) is 8.03. The summed E-state index contributed by atoms with van der Waals surface area (Å²) in [6, 6.07) is 8.84. The highest BCUT2D eigenvalue weighted by Crippen LogP contribution is 2.41. The normalized spacial score (nSPS) is 23.3. The molecule has 0 radical (unpaired) electrons. The SMILES string of the molecule is CCC1(CC)C[C@H](CCCN2CCN(c3ccc(C)cc3)CC2)OC1=O. The largest absolute Gasteiger partial charge is 0.462 e. The van der Waals surface area contributed by atoms with E-state index in [4.69, 9.17) is 4.74 Å². The number of ether oxygens (including phenoxy) is 1.